The van der Waals surface area contributed by atoms with Crippen LogP contribution >= 0.6 is 23.2 Å². The van der Waals surface area contributed by atoms with Gasteiger partial charge < -0.3 is 20.7 Å². The molecule has 17 heteroatoms. The maximum atomic E-state index is 13.9. The maximum absolute atomic E-state index is 13.9. The number of anilines is 2. The van der Waals surface area contributed by atoms with Crippen LogP contribution in [0, 0.1) is 5.82 Å². The lowest BCUT2D eigenvalue weighted by Crippen LogP contribution is -2.54. The number of benzene rings is 2. The number of fused-ring (bicyclic) bond motifs is 1. The summed E-state index contributed by atoms with van der Waals surface area (Å²) in [5.74, 6) is -1.87. The number of ether oxygens (including phenoxy) is 1. The molecule has 7 rings (SSSR count). The van der Waals surface area contributed by atoms with Crippen molar-refractivity contribution in [2.45, 2.75) is 82.7 Å². The zero-order valence-corrected chi connectivity index (χ0v) is 35.0. The minimum atomic E-state index is -1.00. The van der Waals surface area contributed by atoms with Crippen molar-refractivity contribution in [2.24, 2.45) is 0 Å². The first-order chi connectivity index (χ1) is 29.5. The summed E-state index contributed by atoms with van der Waals surface area (Å²) in [5.41, 5.74) is 9.23. The fourth-order valence-corrected chi connectivity index (χ4v) is 8.45. The Morgan fingerprint density at radius 2 is 1.77 bits per heavy atom. The number of nitrogen functional groups attached to an aromatic ring is 1. The van der Waals surface area contributed by atoms with Crippen molar-refractivity contribution >= 4 is 64.2 Å². The Kier molecular flexibility index (Phi) is 14.0. The van der Waals surface area contributed by atoms with E-state index in [0.717, 1.165) is 61.0 Å². The van der Waals surface area contributed by atoms with Crippen LogP contribution in [0.1, 0.15) is 96.5 Å². The smallest absolute Gasteiger partial charge is 0.264 e. The zero-order chi connectivity index (χ0) is 43.0. The lowest BCUT2D eigenvalue weighted by Gasteiger charge is -2.32. The second-order valence-electron chi connectivity index (χ2n) is 15.3. The molecule has 320 valence electrons. The van der Waals surface area contributed by atoms with Crippen molar-refractivity contribution in [1.29, 1.82) is 0 Å². The van der Waals surface area contributed by atoms with E-state index in [2.05, 4.69) is 32.9 Å². The summed E-state index contributed by atoms with van der Waals surface area (Å²) in [5, 5.41) is 10.4. The van der Waals surface area contributed by atoms with E-state index < -0.39 is 35.5 Å². The largest absolute Gasteiger partial charge is 0.489 e. The van der Waals surface area contributed by atoms with Crippen molar-refractivity contribution in [3.63, 3.8) is 0 Å². The van der Waals surface area contributed by atoms with Gasteiger partial charge in [-0.15, -0.1) is 0 Å². The maximum Gasteiger partial charge on any atom is 0.264 e. The number of amides is 5. The van der Waals surface area contributed by atoms with Gasteiger partial charge in [0.2, 0.25) is 17.7 Å². The highest BCUT2D eigenvalue weighted by atomic mass is 35.5. The van der Waals surface area contributed by atoms with E-state index in [1.54, 1.807) is 36.7 Å². The van der Waals surface area contributed by atoms with Gasteiger partial charge in [0.25, 0.3) is 11.8 Å². The average molecular weight is 874 g/mol. The number of nitrogens with one attached hydrogen (secondary N) is 2. The number of imide groups is 2. The number of carbonyl (C=O) groups is 5. The Hall–Kier alpha value is -5.80. The molecule has 14 nitrogen and oxygen atoms in total. The third kappa shape index (κ3) is 10.1. The van der Waals surface area contributed by atoms with Crippen LogP contribution in [0.15, 0.2) is 67.1 Å². The third-order valence-corrected chi connectivity index (χ3v) is 12.0. The van der Waals surface area contributed by atoms with Crippen LogP contribution in [0.5, 0.6) is 5.75 Å². The second kappa shape index (κ2) is 19.7. The number of carbonyl (C=O) groups excluding carboxylic acids is 5. The second-order valence-corrected chi connectivity index (χ2v) is 16.1. The molecule has 0 saturated carbocycles. The molecule has 61 heavy (non-hydrogen) atoms. The van der Waals surface area contributed by atoms with Crippen molar-refractivity contribution in [3.8, 4) is 16.9 Å². The molecular formula is C44H47Cl2FN8O6. The molecule has 0 bridgehead atoms. The van der Waals surface area contributed by atoms with Gasteiger partial charge in [0.1, 0.15) is 11.9 Å². The monoisotopic (exact) mass is 872 g/mol. The summed E-state index contributed by atoms with van der Waals surface area (Å²) < 4.78 is 21.8. The van der Waals surface area contributed by atoms with Gasteiger partial charge in [-0.05, 0) is 87.3 Å². The zero-order valence-electron chi connectivity index (χ0n) is 33.5. The Labute approximate surface area is 362 Å². The number of rotatable bonds is 17. The number of aromatic nitrogens is 3. The molecule has 4 aromatic rings. The van der Waals surface area contributed by atoms with Crippen LogP contribution in [0.2, 0.25) is 10.0 Å². The fourth-order valence-electron chi connectivity index (χ4n) is 7.89. The topological polar surface area (TPSA) is 182 Å². The normalized spacial score (nSPS) is 17.0. The molecule has 2 aromatic carbocycles. The lowest BCUT2D eigenvalue weighted by atomic mass is 10.0. The summed E-state index contributed by atoms with van der Waals surface area (Å²) in [7, 11) is 0. The molecule has 5 amide bonds. The third-order valence-electron chi connectivity index (χ3n) is 11.3. The highest BCUT2D eigenvalue weighted by Gasteiger charge is 2.45. The summed E-state index contributed by atoms with van der Waals surface area (Å²) in [4.78, 5) is 70.5. The first kappa shape index (κ1) is 43.3. The van der Waals surface area contributed by atoms with Gasteiger partial charge in [0.15, 0.2) is 11.6 Å². The average Bonchev–Trinajstić information content (AvgIpc) is 3.85. The lowest BCUT2D eigenvalue weighted by molar-refractivity contribution is -0.136. The first-order valence-corrected chi connectivity index (χ1v) is 21.3. The molecule has 2 fully saturated rings. The number of unbranched alkanes of at least 4 members (excludes halogenated alkanes) is 3. The highest BCUT2D eigenvalue weighted by Crippen LogP contribution is 2.34. The van der Waals surface area contributed by atoms with E-state index in [0.29, 0.717) is 48.1 Å². The van der Waals surface area contributed by atoms with Crippen LogP contribution in [-0.2, 0) is 20.8 Å². The van der Waals surface area contributed by atoms with E-state index in [1.165, 1.54) is 12.1 Å². The Bertz CT molecular complexity index is 2350. The van der Waals surface area contributed by atoms with E-state index in [9.17, 15) is 28.4 Å². The summed E-state index contributed by atoms with van der Waals surface area (Å²) in [6.45, 7) is 2.09. The molecule has 4 N–H and O–H groups in total. The Morgan fingerprint density at radius 1 is 0.984 bits per heavy atom. The SMILES string of the molecule is Nc1ncc(-c2cnn(C3CCN(C(=O)CCCC/C=C/CCCNc4cccc5c4C(=O)N([C@@H]4CCC(=O)NC4=O)C5=O)CC3)c2)cc1OCCc1c(Cl)ccc(F)c1Cl. The van der Waals surface area contributed by atoms with Crippen molar-refractivity contribution in [3.05, 3.63) is 99.7 Å². The van der Waals surface area contributed by atoms with E-state index in [-0.39, 0.29) is 59.8 Å². The van der Waals surface area contributed by atoms with Crippen LogP contribution in [-0.4, -0.2) is 86.4 Å². The molecule has 0 radical (unpaired) electrons. The minimum Gasteiger partial charge on any atom is -0.489 e. The number of nitrogens with two attached hydrogens (primary N) is 1. The molecule has 5 heterocycles. The number of pyridine rings is 1. The molecule has 1 atom stereocenters. The number of halogens is 3. The molecule has 2 aromatic heterocycles. The summed E-state index contributed by atoms with van der Waals surface area (Å²) >= 11 is 12.3. The molecular weight excluding hydrogens is 826 g/mol. The number of piperidine rings is 2. The van der Waals surface area contributed by atoms with Gasteiger partial charge in [-0.2, -0.15) is 5.10 Å². The van der Waals surface area contributed by atoms with Gasteiger partial charge in [-0.25, -0.2) is 9.37 Å². The van der Waals surface area contributed by atoms with Gasteiger partial charge in [-0.1, -0.05) is 41.4 Å². The number of allylic oxidation sites excluding steroid dienone is 2. The standard InChI is InChI=1S/C44H47Cl2FN8O6/c45-32-12-13-33(47)40(46)30(32)18-22-61-36-23-27(24-50-41(36)48)28-25-51-54(26-28)29-16-20-53(21-17-29)38(57)11-6-4-2-1-3-5-7-19-49-34-10-8-9-31-39(34)44(60)55(43(31)59)35-14-15-37(56)52-42(35)58/h1,3,8-10,12-13,23-26,29,35,49H,2,4-7,11,14-22H2,(H2,48,50)(H,52,56,58)/b3-1+/t35-/m1/s1. The summed E-state index contributed by atoms with van der Waals surface area (Å²) in [6, 6.07) is 8.67. The molecule has 0 spiro atoms. The number of nitrogens with zero attached hydrogens (tertiary/aromatic N) is 5. The predicted octanol–water partition coefficient (Wildman–Crippen LogP) is 7.17. The van der Waals surface area contributed by atoms with Crippen LogP contribution in [0.25, 0.3) is 11.1 Å². The van der Waals surface area contributed by atoms with Gasteiger partial charge in [0.05, 0.1) is 35.0 Å². The molecule has 0 unspecified atom stereocenters. The predicted molar refractivity (Wildman–Crippen MR) is 229 cm³/mol. The van der Waals surface area contributed by atoms with Gasteiger partial charge >= 0.3 is 0 Å². The molecule has 3 aliphatic rings. The van der Waals surface area contributed by atoms with Gasteiger partial charge in [-0.3, -0.25) is 38.9 Å². The van der Waals surface area contributed by atoms with E-state index in [1.807, 2.05) is 15.8 Å². The fraction of sp³-hybridized carbons (Fsp3) is 0.386. The quantitative estimate of drug-likeness (QED) is 0.0426. The first-order valence-electron chi connectivity index (χ1n) is 20.6. The van der Waals surface area contributed by atoms with E-state index in [4.69, 9.17) is 33.7 Å². The summed E-state index contributed by atoms with van der Waals surface area (Å²) in [6.07, 6.45) is 16.4. The molecule has 2 saturated heterocycles. The number of likely N-dealkylation sites (tertiary alicyclic amines) is 1. The Morgan fingerprint density at radius 3 is 2.56 bits per heavy atom. The van der Waals surface area contributed by atoms with Crippen LogP contribution in [0.3, 0.4) is 0 Å². The van der Waals surface area contributed by atoms with Crippen molar-refractivity contribution in [1.82, 2.24) is 29.9 Å². The highest BCUT2D eigenvalue weighted by molar-refractivity contribution is 6.36. The van der Waals surface area contributed by atoms with Gasteiger partial charge in [0, 0.05) is 73.1 Å². The van der Waals surface area contributed by atoms with Crippen molar-refractivity contribution in [2.75, 3.05) is 37.3 Å². The Balaban J connectivity index is 0.778. The van der Waals surface area contributed by atoms with Crippen LogP contribution < -0.4 is 21.1 Å². The van der Waals surface area contributed by atoms with Crippen LogP contribution in [0.4, 0.5) is 15.9 Å². The molecule has 3 aliphatic heterocycles. The van der Waals surface area contributed by atoms with E-state index >= 15 is 0 Å². The van der Waals surface area contributed by atoms with Crippen molar-refractivity contribution < 1.29 is 33.1 Å². The number of hydrogen-bond donors (Lipinski definition) is 3. The molecule has 0 aliphatic carbocycles. The number of hydrogen-bond acceptors (Lipinski definition) is 10. The minimum absolute atomic E-state index is 0.0280.